The number of nitrogens with zero attached hydrogens (tertiary/aromatic N) is 2. The monoisotopic (exact) mass is 398 g/mol. The standard InChI is InChI=1S/C16H19ClN4O4S/c1-4-5-25-16(24)11-8(2)12(13(18)22)26-15(11)20-14(23)9(3)21-7-10(17)6-19-21/h6-7,9H,4-5H2,1-3H3,(H2,18,22)(H,20,23). The number of primary amides is 1. The highest BCUT2D eigenvalue weighted by atomic mass is 35.5. The average molecular weight is 399 g/mol. The molecule has 0 saturated heterocycles. The first-order valence-corrected chi connectivity index (χ1v) is 9.06. The van der Waals surface area contributed by atoms with Crippen molar-refractivity contribution in [3.63, 3.8) is 0 Å². The number of halogens is 1. The minimum absolute atomic E-state index is 0.135. The number of ether oxygens (including phenoxy) is 1. The van der Waals surface area contributed by atoms with Crippen molar-refractivity contribution in [2.75, 3.05) is 11.9 Å². The van der Waals surface area contributed by atoms with Gasteiger partial charge in [-0.2, -0.15) is 5.10 Å². The maximum atomic E-state index is 12.5. The number of thiophene rings is 1. The lowest BCUT2D eigenvalue weighted by Gasteiger charge is -2.13. The predicted molar refractivity (Wildman–Crippen MR) is 98.7 cm³/mol. The summed E-state index contributed by atoms with van der Waals surface area (Å²) >= 11 is 6.76. The molecule has 2 amide bonds. The van der Waals surface area contributed by atoms with Crippen LogP contribution in [0.5, 0.6) is 0 Å². The topological polar surface area (TPSA) is 116 Å². The fourth-order valence-electron chi connectivity index (χ4n) is 2.21. The first-order valence-electron chi connectivity index (χ1n) is 7.87. The van der Waals surface area contributed by atoms with E-state index in [0.29, 0.717) is 17.0 Å². The van der Waals surface area contributed by atoms with E-state index in [1.54, 1.807) is 13.8 Å². The number of carbonyl (C=O) groups is 3. The lowest BCUT2D eigenvalue weighted by Crippen LogP contribution is -2.24. The van der Waals surface area contributed by atoms with E-state index in [2.05, 4.69) is 10.4 Å². The van der Waals surface area contributed by atoms with Crippen molar-refractivity contribution < 1.29 is 19.1 Å². The third-order valence-electron chi connectivity index (χ3n) is 3.59. The molecule has 8 nitrogen and oxygen atoms in total. The van der Waals surface area contributed by atoms with Gasteiger partial charge in [-0.15, -0.1) is 11.3 Å². The molecule has 2 heterocycles. The van der Waals surface area contributed by atoms with Crippen LogP contribution in [0.25, 0.3) is 0 Å². The Morgan fingerprint density at radius 3 is 2.69 bits per heavy atom. The van der Waals surface area contributed by atoms with Crippen LogP contribution < -0.4 is 11.1 Å². The number of nitrogens with two attached hydrogens (primary N) is 1. The van der Waals surface area contributed by atoms with Gasteiger partial charge < -0.3 is 15.8 Å². The normalized spacial score (nSPS) is 11.8. The van der Waals surface area contributed by atoms with E-state index in [1.165, 1.54) is 17.1 Å². The van der Waals surface area contributed by atoms with Gasteiger partial charge in [0.25, 0.3) is 5.91 Å². The molecule has 0 aromatic carbocycles. The Labute approximate surface area is 159 Å². The van der Waals surface area contributed by atoms with Gasteiger partial charge in [-0.05, 0) is 25.8 Å². The highest BCUT2D eigenvalue weighted by Gasteiger charge is 2.27. The molecular formula is C16H19ClN4O4S. The van der Waals surface area contributed by atoms with Gasteiger partial charge in [0.05, 0.1) is 28.3 Å². The van der Waals surface area contributed by atoms with Crippen LogP contribution in [0.1, 0.15) is 51.9 Å². The Kier molecular flexibility index (Phi) is 6.38. The summed E-state index contributed by atoms with van der Waals surface area (Å²) in [6.45, 7) is 5.31. The van der Waals surface area contributed by atoms with Crippen molar-refractivity contribution in [3.05, 3.63) is 33.4 Å². The molecule has 140 valence electrons. The molecule has 0 aliphatic heterocycles. The molecule has 26 heavy (non-hydrogen) atoms. The number of hydrogen-bond acceptors (Lipinski definition) is 6. The van der Waals surface area contributed by atoms with Gasteiger partial charge in [0.2, 0.25) is 5.91 Å². The molecule has 0 radical (unpaired) electrons. The second-order valence-corrected chi connectivity index (χ2v) is 7.02. The maximum absolute atomic E-state index is 12.5. The highest BCUT2D eigenvalue weighted by molar-refractivity contribution is 7.18. The number of carbonyl (C=O) groups excluding carboxylic acids is 3. The minimum Gasteiger partial charge on any atom is -0.462 e. The zero-order valence-electron chi connectivity index (χ0n) is 14.5. The van der Waals surface area contributed by atoms with E-state index in [4.69, 9.17) is 22.1 Å². The molecule has 0 aliphatic carbocycles. The first-order chi connectivity index (χ1) is 12.3. The molecule has 3 N–H and O–H groups in total. The summed E-state index contributed by atoms with van der Waals surface area (Å²) in [6.07, 6.45) is 3.58. The molecule has 10 heteroatoms. The molecule has 2 rings (SSSR count). The Morgan fingerprint density at radius 1 is 1.46 bits per heavy atom. The Hall–Kier alpha value is -2.39. The van der Waals surface area contributed by atoms with Crippen LogP contribution in [0.2, 0.25) is 5.02 Å². The Bertz CT molecular complexity index is 845. The van der Waals surface area contributed by atoms with E-state index < -0.39 is 23.8 Å². The van der Waals surface area contributed by atoms with Crippen molar-refractivity contribution in [2.24, 2.45) is 5.73 Å². The summed E-state index contributed by atoms with van der Waals surface area (Å²) in [4.78, 5) is 36.7. The number of aromatic nitrogens is 2. The van der Waals surface area contributed by atoms with Crippen LogP contribution in [0.4, 0.5) is 5.00 Å². The molecule has 1 unspecified atom stereocenters. The minimum atomic E-state index is -0.679. The SMILES string of the molecule is CCCOC(=O)c1c(NC(=O)C(C)n2cc(Cl)cn2)sc(C(N)=O)c1C. The number of rotatable bonds is 7. The summed E-state index contributed by atoms with van der Waals surface area (Å²) < 4.78 is 6.54. The predicted octanol–water partition coefficient (Wildman–Crippen LogP) is 2.77. The summed E-state index contributed by atoms with van der Waals surface area (Å²) in [7, 11) is 0. The molecule has 0 saturated carbocycles. The van der Waals surface area contributed by atoms with Crippen LogP contribution >= 0.6 is 22.9 Å². The fraction of sp³-hybridized carbons (Fsp3) is 0.375. The van der Waals surface area contributed by atoms with Crippen molar-refractivity contribution >= 4 is 45.7 Å². The van der Waals surface area contributed by atoms with Crippen LogP contribution in [0.3, 0.4) is 0 Å². The van der Waals surface area contributed by atoms with Gasteiger partial charge in [0.1, 0.15) is 11.0 Å². The van der Waals surface area contributed by atoms with E-state index in [1.807, 2.05) is 6.92 Å². The third-order valence-corrected chi connectivity index (χ3v) is 5.01. The van der Waals surface area contributed by atoms with Gasteiger partial charge in [-0.1, -0.05) is 18.5 Å². The number of anilines is 1. The summed E-state index contributed by atoms with van der Waals surface area (Å²) in [5.41, 5.74) is 5.88. The quantitative estimate of drug-likeness (QED) is 0.695. The van der Waals surface area contributed by atoms with E-state index in [-0.39, 0.29) is 22.0 Å². The zero-order valence-corrected chi connectivity index (χ0v) is 16.1. The van der Waals surface area contributed by atoms with Gasteiger partial charge >= 0.3 is 5.97 Å². The molecule has 1 atom stereocenters. The highest BCUT2D eigenvalue weighted by Crippen LogP contribution is 2.34. The maximum Gasteiger partial charge on any atom is 0.341 e. The van der Waals surface area contributed by atoms with E-state index in [9.17, 15) is 14.4 Å². The molecule has 0 fully saturated rings. The number of amides is 2. The van der Waals surface area contributed by atoms with Gasteiger partial charge in [-0.25, -0.2) is 4.79 Å². The summed E-state index contributed by atoms with van der Waals surface area (Å²) in [5, 5.41) is 7.26. The lowest BCUT2D eigenvalue weighted by molar-refractivity contribution is -0.119. The molecule has 2 aromatic heterocycles. The van der Waals surface area contributed by atoms with Crippen molar-refractivity contribution in [1.82, 2.24) is 9.78 Å². The zero-order chi connectivity index (χ0) is 19.4. The van der Waals surface area contributed by atoms with Gasteiger partial charge in [-0.3, -0.25) is 14.3 Å². The molecule has 2 aromatic rings. The Balaban J connectivity index is 2.32. The smallest absolute Gasteiger partial charge is 0.341 e. The Morgan fingerprint density at radius 2 is 2.15 bits per heavy atom. The van der Waals surface area contributed by atoms with Crippen molar-refractivity contribution in [1.29, 1.82) is 0 Å². The molecular weight excluding hydrogens is 380 g/mol. The van der Waals surface area contributed by atoms with E-state index in [0.717, 1.165) is 11.3 Å². The van der Waals surface area contributed by atoms with Crippen LogP contribution in [0.15, 0.2) is 12.4 Å². The number of hydrogen-bond donors (Lipinski definition) is 2. The number of nitrogens with one attached hydrogen (secondary N) is 1. The molecule has 0 spiro atoms. The molecule has 0 bridgehead atoms. The fourth-order valence-corrected chi connectivity index (χ4v) is 3.41. The molecule has 0 aliphatic rings. The lowest BCUT2D eigenvalue weighted by atomic mass is 10.1. The summed E-state index contributed by atoms with van der Waals surface area (Å²) in [5.74, 6) is -1.71. The van der Waals surface area contributed by atoms with E-state index >= 15 is 0 Å². The second-order valence-electron chi connectivity index (χ2n) is 5.56. The van der Waals surface area contributed by atoms with Crippen molar-refractivity contribution in [3.8, 4) is 0 Å². The summed E-state index contributed by atoms with van der Waals surface area (Å²) in [6, 6.07) is -0.679. The van der Waals surface area contributed by atoms with Crippen molar-refractivity contribution in [2.45, 2.75) is 33.2 Å². The van der Waals surface area contributed by atoms with Crippen LogP contribution in [-0.2, 0) is 9.53 Å². The third kappa shape index (κ3) is 4.23. The second kappa shape index (κ2) is 8.33. The van der Waals surface area contributed by atoms with Crippen LogP contribution in [-0.4, -0.2) is 34.2 Å². The van der Waals surface area contributed by atoms with Crippen LogP contribution in [0, 0.1) is 6.92 Å². The van der Waals surface area contributed by atoms with Gasteiger partial charge in [0, 0.05) is 6.20 Å². The average Bonchev–Trinajstić information content (AvgIpc) is 3.15. The largest absolute Gasteiger partial charge is 0.462 e. The first kappa shape index (κ1) is 19.9. The van der Waals surface area contributed by atoms with Gasteiger partial charge in [0.15, 0.2) is 0 Å². The number of esters is 1.